The van der Waals surface area contributed by atoms with Crippen LogP contribution in [0, 0.1) is 3.57 Å². The minimum atomic E-state index is -0.492. The average Bonchev–Trinajstić information content (AvgIpc) is 2.54. The maximum absolute atomic E-state index is 12.1. The van der Waals surface area contributed by atoms with E-state index in [1.54, 1.807) is 10.8 Å². The second kappa shape index (κ2) is 4.85. The summed E-state index contributed by atoms with van der Waals surface area (Å²) in [6.07, 6.45) is 1.45. The van der Waals surface area contributed by atoms with Crippen molar-refractivity contribution in [3.05, 3.63) is 32.4 Å². The molecule has 96 valence electrons. The van der Waals surface area contributed by atoms with Crippen molar-refractivity contribution in [1.82, 2.24) is 4.57 Å². The zero-order valence-corrected chi connectivity index (χ0v) is 14.1. The van der Waals surface area contributed by atoms with Crippen LogP contribution >= 0.6 is 38.5 Å². The third-order valence-electron chi connectivity index (χ3n) is 2.31. The number of nitrogens with zero attached hydrogens (tertiary/aromatic N) is 1. The third kappa shape index (κ3) is 2.88. The maximum Gasteiger partial charge on any atom is 0.419 e. The molecule has 3 nitrogen and oxygen atoms in total. The fraction of sp³-hybridized carbons (Fsp3) is 0.308. The van der Waals surface area contributed by atoms with Crippen LogP contribution in [0.1, 0.15) is 20.8 Å². The molecule has 0 amide bonds. The van der Waals surface area contributed by atoms with E-state index in [0.717, 1.165) is 18.9 Å². The van der Waals surface area contributed by atoms with Crippen molar-refractivity contribution in [2.24, 2.45) is 0 Å². The molecular weight excluding hydrogens is 409 g/mol. The molecule has 18 heavy (non-hydrogen) atoms. The van der Waals surface area contributed by atoms with Gasteiger partial charge in [-0.05, 0) is 61.6 Å². The van der Waals surface area contributed by atoms with Gasteiger partial charge in [-0.3, -0.25) is 4.57 Å². The normalized spacial score (nSPS) is 11.8. The SMILES string of the molecule is CC(C)(C)OC(=O)n1cc(I)c2cc(Br)ccc21. The Morgan fingerprint density at radius 2 is 2.06 bits per heavy atom. The van der Waals surface area contributed by atoms with Crippen LogP contribution in [0.2, 0.25) is 0 Å². The molecule has 0 aliphatic carbocycles. The molecule has 0 spiro atoms. The Morgan fingerprint density at radius 1 is 1.39 bits per heavy atom. The topological polar surface area (TPSA) is 31.2 Å². The smallest absolute Gasteiger partial charge is 0.419 e. The van der Waals surface area contributed by atoms with Crippen molar-refractivity contribution in [2.75, 3.05) is 0 Å². The predicted octanol–water partition coefficient (Wildman–Crippen LogP) is 4.79. The summed E-state index contributed by atoms with van der Waals surface area (Å²) < 4.78 is 8.95. The average molecular weight is 422 g/mol. The van der Waals surface area contributed by atoms with E-state index in [2.05, 4.69) is 38.5 Å². The highest BCUT2D eigenvalue weighted by molar-refractivity contribution is 14.1. The molecule has 2 rings (SSSR count). The summed E-state index contributed by atoms with van der Waals surface area (Å²) in [6, 6.07) is 5.82. The van der Waals surface area contributed by atoms with E-state index in [9.17, 15) is 4.79 Å². The molecule has 1 aromatic heterocycles. The number of hydrogen-bond donors (Lipinski definition) is 0. The summed E-state index contributed by atoms with van der Waals surface area (Å²) >= 11 is 5.65. The molecule has 2 aromatic rings. The Hall–Kier alpha value is -0.560. The van der Waals surface area contributed by atoms with Gasteiger partial charge in [0.25, 0.3) is 0 Å². The van der Waals surface area contributed by atoms with Crippen molar-refractivity contribution in [3.63, 3.8) is 0 Å². The molecule has 5 heteroatoms. The molecule has 0 N–H and O–H groups in total. The van der Waals surface area contributed by atoms with Crippen molar-refractivity contribution in [3.8, 4) is 0 Å². The zero-order valence-electron chi connectivity index (χ0n) is 10.3. The lowest BCUT2D eigenvalue weighted by Crippen LogP contribution is -2.26. The maximum atomic E-state index is 12.1. The molecule has 0 atom stereocenters. The van der Waals surface area contributed by atoms with Crippen LogP contribution in [0.25, 0.3) is 10.9 Å². The summed E-state index contributed by atoms with van der Waals surface area (Å²) in [5, 5.41) is 1.04. The number of fused-ring (bicyclic) bond motifs is 1. The van der Waals surface area contributed by atoms with E-state index in [-0.39, 0.29) is 6.09 Å². The first-order chi connectivity index (χ1) is 8.28. The lowest BCUT2D eigenvalue weighted by molar-refractivity contribution is 0.0544. The van der Waals surface area contributed by atoms with Crippen molar-refractivity contribution < 1.29 is 9.53 Å². The highest BCUT2D eigenvalue weighted by Crippen LogP contribution is 2.27. The minimum absolute atomic E-state index is 0.349. The Morgan fingerprint density at radius 3 is 2.67 bits per heavy atom. The molecular formula is C13H13BrINO2. The Bertz CT molecular complexity index is 613. The Labute approximate surface area is 128 Å². The predicted molar refractivity (Wildman–Crippen MR) is 84.0 cm³/mol. The molecule has 0 fully saturated rings. The van der Waals surface area contributed by atoms with Gasteiger partial charge in [0.05, 0.1) is 5.52 Å². The first-order valence-electron chi connectivity index (χ1n) is 5.47. The van der Waals surface area contributed by atoms with Crippen molar-refractivity contribution >= 4 is 55.5 Å². The molecule has 1 heterocycles. The van der Waals surface area contributed by atoms with Gasteiger partial charge in [0.2, 0.25) is 0 Å². The first kappa shape index (κ1) is 13.9. The number of rotatable bonds is 0. The number of benzene rings is 1. The lowest BCUT2D eigenvalue weighted by atomic mass is 10.2. The second-order valence-electron chi connectivity index (χ2n) is 4.99. The third-order valence-corrected chi connectivity index (χ3v) is 3.66. The molecule has 0 radical (unpaired) electrons. The Kier molecular flexibility index (Phi) is 3.73. The van der Waals surface area contributed by atoms with Gasteiger partial charge in [-0.25, -0.2) is 4.79 Å². The largest absolute Gasteiger partial charge is 0.443 e. The first-order valence-corrected chi connectivity index (χ1v) is 7.34. The molecule has 0 unspecified atom stereocenters. The van der Waals surface area contributed by atoms with Crippen molar-refractivity contribution in [2.45, 2.75) is 26.4 Å². The molecule has 0 saturated carbocycles. The number of carbonyl (C=O) groups excluding carboxylic acids is 1. The van der Waals surface area contributed by atoms with Crippen LogP contribution in [-0.4, -0.2) is 16.3 Å². The van der Waals surface area contributed by atoms with Crippen LogP contribution in [0.15, 0.2) is 28.9 Å². The number of halogens is 2. The summed E-state index contributed by atoms with van der Waals surface area (Å²) in [4.78, 5) is 12.1. The van der Waals surface area contributed by atoms with E-state index in [0.29, 0.717) is 0 Å². The molecule has 0 bridgehead atoms. The number of aromatic nitrogens is 1. The van der Waals surface area contributed by atoms with E-state index < -0.39 is 5.60 Å². The van der Waals surface area contributed by atoms with Gasteiger partial charge < -0.3 is 4.74 Å². The van der Waals surface area contributed by atoms with Gasteiger partial charge >= 0.3 is 6.09 Å². The monoisotopic (exact) mass is 421 g/mol. The highest BCUT2D eigenvalue weighted by Gasteiger charge is 2.20. The summed E-state index contributed by atoms with van der Waals surface area (Å²) in [6.45, 7) is 5.58. The van der Waals surface area contributed by atoms with Crippen LogP contribution in [-0.2, 0) is 4.74 Å². The van der Waals surface area contributed by atoms with E-state index in [4.69, 9.17) is 4.74 Å². The van der Waals surface area contributed by atoms with Crippen LogP contribution in [0.4, 0.5) is 4.79 Å². The molecule has 0 saturated heterocycles. The van der Waals surface area contributed by atoms with Gasteiger partial charge in [-0.15, -0.1) is 0 Å². The van der Waals surface area contributed by atoms with Gasteiger partial charge in [-0.1, -0.05) is 15.9 Å². The van der Waals surface area contributed by atoms with E-state index in [1.165, 1.54) is 0 Å². The Balaban J connectivity index is 2.49. The summed E-state index contributed by atoms with van der Waals surface area (Å²) in [5.74, 6) is 0. The van der Waals surface area contributed by atoms with Gasteiger partial charge in [0.15, 0.2) is 0 Å². The number of hydrogen-bond acceptors (Lipinski definition) is 2. The number of carbonyl (C=O) groups is 1. The van der Waals surface area contributed by atoms with Gasteiger partial charge in [-0.2, -0.15) is 0 Å². The molecule has 1 aromatic carbocycles. The standard InChI is InChI=1S/C13H13BrINO2/c1-13(2,3)18-12(17)16-7-10(15)9-6-8(14)4-5-11(9)16/h4-7H,1-3H3. The fourth-order valence-electron chi connectivity index (χ4n) is 1.62. The van der Waals surface area contributed by atoms with Crippen LogP contribution in [0.3, 0.4) is 0 Å². The minimum Gasteiger partial charge on any atom is -0.443 e. The van der Waals surface area contributed by atoms with Crippen LogP contribution < -0.4 is 0 Å². The second-order valence-corrected chi connectivity index (χ2v) is 7.07. The quantitative estimate of drug-likeness (QED) is 0.572. The lowest BCUT2D eigenvalue weighted by Gasteiger charge is -2.19. The van der Waals surface area contributed by atoms with Crippen molar-refractivity contribution in [1.29, 1.82) is 0 Å². The summed E-state index contributed by atoms with van der Waals surface area (Å²) in [5.41, 5.74) is 0.367. The molecule has 0 aliphatic rings. The van der Waals surface area contributed by atoms with Gasteiger partial charge in [0.1, 0.15) is 5.60 Å². The fourth-order valence-corrected chi connectivity index (χ4v) is 2.70. The molecule has 0 aliphatic heterocycles. The zero-order chi connectivity index (χ0) is 13.5. The highest BCUT2D eigenvalue weighted by atomic mass is 127. The van der Waals surface area contributed by atoms with Crippen LogP contribution in [0.5, 0.6) is 0 Å². The van der Waals surface area contributed by atoms with E-state index in [1.807, 2.05) is 39.0 Å². The van der Waals surface area contributed by atoms with Gasteiger partial charge in [0, 0.05) is 19.6 Å². The van der Waals surface area contributed by atoms with E-state index >= 15 is 0 Å². The summed E-state index contributed by atoms with van der Waals surface area (Å²) in [7, 11) is 0. The number of ether oxygens (including phenoxy) is 1.